The largest absolute Gasteiger partial charge is 0.366 e. The number of aryl methyl sites for hydroxylation is 1. The van der Waals surface area contributed by atoms with Crippen LogP contribution in [0.5, 0.6) is 0 Å². The number of hydrogen-bond donors (Lipinski definition) is 2. The first kappa shape index (κ1) is 18.3. The maximum absolute atomic E-state index is 4.81. The average molecular weight is 415 g/mol. The van der Waals surface area contributed by atoms with Crippen molar-refractivity contribution in [3.05, 3.63) is 23.2 Å². The second kappa shape index (κ2) is 7.93. The number of likely N-dealkylation sites (tertiary alicyclic amines) is 1. The summed E-state index contributed by atoms with van der Waals surface area (Å²) in [6, 6.07) is 5.38. The molecule has 0 unspecified atom stereocenters. The average Bonchev–Trinajstić information content (AvgIpc) is 3.44. The van der Waals surface area contributed by atoms with E-state index in [0.29, 0.717) is 12.0 Å². The predicted molar refractivity (Wildman–Crippen MR) is 118 cm³/mol. The van der Waals surface area contributed by atoms with Gasteiger partial charge < -0.3 is 15.5 Å². The first-order chi connectivity index (χ1) is 13.7. The molecule has 1 aliphatic heterocycles. The van der Waals surface area contributed by atoms with E-state index in [-0.39, 0.29) is 0 Å². The van der Waals surface area contributed by atoms with E-state index in [1.54, 1.807) is 11.3 Å². The lowest BCUT2D eigenvalue weighted by molar-refractivity contribution is 0.186. The SMILES string of the molecule is Cc1cc(Nc2nc(N[C@H]3CC[C@H](N4CCCC4)CC3)c3sccc3n2)sn1. The Balaban J connectivity index is 1.30. The van der Waals surface area contributed by atoms with Gasteiger partial charge in [0.25, 0.3) is 0 Å². The van der Waals surface area contributed by atoms with Crippen LogP contribution in [-0.2, 0) is 0 Å². The van der Waals surface area contributed by atoms with Gasteiger partial charge in [0, 0.05) is 12.1 Å². The minimum absolute atomic E-state index is 0.498. The van der Waals surface area contributed by atoms with Crippen molar-refractivity contribution in [2.24, 2.45) is 0 Å². The van der Waals surface area contributed by atoms with Crippen molar-refractivity contribution in [2.45, 2.75) is 57.5 Å². The van der Waals surface area contributed by atoms with Crippen molar-refractivity contribution < 1.29 is 0 Å². The van der Waals surface area contributed by atoms with Crippen molar-refractivity contribution in [2.75, 3.05) is 23.7 Å². The van der Waals surface area contributed by atoms with Gasteiger partial charge in [-0.25, -0.2) is 4.98 Å². The van der Waals surface area contributed by atoms with Crippen LogP contribution in [0.2, 0.25) is 0 Å². The van der Waals surface area contributed by atoms with Crippen molar-refractivity contribution in [3.63, 3.8) is 0 Å². The fourth-order valence-corrected chi connectivity index (χ4v) is 5.87. The quantitative estimate of drug-likeness (QED) is 0.611. The van der Waals surface area contributed by atoms with Crippen LogP contribution in [0.15, 0.2) is 17.5 Å². The van der Waals surface area contributed by atoms with Gasteiger partial charge in [-0.1, -0.05) is 0 Å². The molecule has 3 aromatic rings. The van der Waals surface area contributed by atoms with Gasteiger partial charge in [0.2, 0.25) is 5.95 Å². The van der Waals surface area contributed by atoms with Gasteiger partial charge in [-0.05, 0) is 87.6 Å². The Bertz CT molecular complexity index is 937. The lowest BCUT2D eigenvalue weighted by atomic mass is 9.90. The number of nitrogens with zero attached hydrogens (tertiary/aromatic N) is 4. The van der Waals surface area contributed by atoms with Crippen LogP contribution in [0.25, 0.3) is 10.2 Å². The van der Waals surface area contributed by atoms with Crippen LogP contribution in [0.1, 0.15) is 44.2 Å². The van der Waals surface area contributed by atoms with Gasteiger partial charge in [-0.3, -0.25) is 0 Å². The number of rotatable bonds is 5. The highest BCUT2D eigenvalue weighted by molar-refractivity contribution is 7.17. The zero-order valence-corrected chi connectivity index (χ0v) is 17.8. The number of nitrogens with one attached hydrogen (secondary N) is 2. The Morgan fingerprint density at radius 3 is 2.68 bits per heavy atom. The van der Waals surface area contributed by atoms with E-state index < -0.39 is 0 Å². The third kappa shape index (κ3) is 3.86. The van der Waals surface area contributed by atoms with E-state index in [1.807, 2.05) is 13.0 Å². The maximum atomic E-state index is 4.81. The number of hydrogen-bond acceptors (Lipinski definition) is 8. The summed E-state index contributed by atoms with van der Waals surface area (Å²) in [5.74, 6) is 1.61. The van der Waals surface area contributed by atoms with Crippen molar-refractivity contribution in [1.82, 2.24) is 19.2 Å². The van der Waals surface area contributed by atoms with Gasteiger partial charge in [0.1, 0.15) is 10.8 Å². The summed E-state index contributed by atoms with van der Waals surface area (Å²) in [7, 11) is 0. The molecule has 2 fully saturated rings. The van der Waals surface area contributed by atoms with E-state index >= 15 is 0 Å². The summed E-state index contributed by atoms with van der Waals surface area (Å²) >= 11 is 3.15. The van der Waals surface area contributed by atoms with Crippen LogP contribution in [0, 0.1) is 6.92 Å². The molecule has 148 valence electrons. The molecule has 0 atom stereocenters. The molecule has 2 aliphatic rings. The van der Waals surface area contributed by atoms with E-state index in [1.165, 1.54) is 63.1 Å². The molecule has 6 nitrogen and oxygen atoms in total. The van der Waals surface area contributed by atoms with Crippen LogP contribution >= 0.6 is 22.9 Å². The third-order valence-electron chi connectivity index (χ3n) is 5.86. The van der Waals surface area contributed by atoms with Gasteiger partial charge in [-0.15, -0.1) is 11.3 Å². The van der Waals surface area contributed by atoms with Crippen LogP contribution < -0.4 is 10.6 Å². The molecule has 0 bridgehead atoms. The summed E-state index contributed by atoms with van der Waals surface area (Å²) < 4.78 is 5.47. The topological polar surface area (TPSA) is 66.0 Å². The summed E-state index contributed by atoms with van der Waals surface area (Å²) in [6.07, 6.45) is 7.78. The van der Waals surface area contributed by atoms with Crippen LogP contribution in [0.4, 0.5) is 16.8 Å². The lowest BCUT2D eigenvalue weighted by Gasteiger charge is -2.35. The molecule has 2 N–H and O–H groups in total. The smallest absolute Gasteiger partial charge is 0.230 e. The minimum Gasteiger partial charge on any atom is -0.366 e. The zero-order valence-electron chi connectivity index (χ0n) is 16.1. The summed E-state index contributed by atoms with van der Waals surface area (Å²) in [4.78, 5) is 12.2. The number of anilines is 3. The fraction of sp³-hybridized carbons (Fsp3) is 0.550. The molecule has 4 heterocycles. The molecule has 0 aromatic carbocycles. The third-order valence-corrected chi connectivity index (χ3v) is 7.57. The fourth-order valence-electron chi connectivity index (χ4n) is 4.44. The lowest BCUT2D eigenvalue weighted by Crippen LogP contribution is -2.39. The molecular weight excluding hydrogens is 388 g/mol. The molecule has 28 heavy (non-hydrogen) atoms. The van der Waals surface area contributed by atoms with Gasteiger partial charge in [-0.2, -0.15) is 9.36 Å². The van der Waals surface area contributed by atoms with E-state index in [9.17, 15) is 0 Å². The van der Waals surface area contributed by atoms with E-state index in [0.717, 1.165) is 32.8 Å². The highest BCUT2D eigenvalue weighted by atomic mass is 32.1. The summed E-state index contributed by atoms with van der Waals surface area (Å²) in [5.41, 5.74) is 2.01. The molecule has 3 aromatic heterocycles. The monoisotopic (exact) mass is 414 g/mol. The highest BCUT2D eigenvalue weighted by Gasteiger charge is 2.28. The molecular formula is C20H26N6S2. The van der Waals surface area contributed by atoms with Crippen molar-refractivity contribution >= 4 is 49.9 Å². The van der Waals surface area contributed by atoms with Crippen molar-refractivity contribution in [1.29, 1.82) is 0 Å². The molecule has 1 aliphatic carbocycles. The van der Waals surface area contributed by atoms with Crippen LogP contribution in [0.3, 0.4) is 0 Å². The first-order valence-corrected chi connectivity index (χ1v) is 11.9. The van der Waals surface area contributed by atoms with Crippen molar-refractivity contribution in [3.8, 4) is 0 Å². The number of aromatic nitrogens is 3. The molecule has 1 saturated carbocycles. The molecule has 0 spiro atoms. The Labute approximate surface area is 173 Å². The van der Waals surface area contributed by atoms with Gasteiger partial charge in [0.15, 0.2) is 0 Å². The number of thiophene rings is 1. The second-order valence-corrected chi connectivity index (χ2v) is 9.60. The number of fused-ring (bicyclic) bond motifs is 1. The molecule has 0 radical (unpaired) electrons. The van der Waals surface area contributed by atoms with E-state index in [4.69, 9.17) is 4.98 Å². The Hall–Kier alpha value is -1.77. The van der Waals surface area contributed by atoms with E-state index in [2.05, 4.69) is 36.3 Å². The summed E-state index contributed by atoms with van der Waals surface area (Å²) in [6.45, 7) is 4.60. The van der Waals surface area contributed by atoms with Gasteiger partial charge in [0.05, 0.1) is 15.9 Å². The Morgan fingerprint density at radius 1 is 1.11 bits per heavy atom. The molecule has 0 amide bonds. The standard InChI is InChI=1S/C20H26N6S2/c1-13-12-17(28-25-13)23-20-22-16-8-11-27-18(16)19(24-20)21-14-4-6-15(7-5-14)26-9-2-3-10-26/h8,11-12,14-15H,2-7,9-10H2,1H3,(H2,21,22,23,24)/t14-,15-. The first-order valence-electron chi connectivity index (χ1n) is 10.2. The zero-order chi connectivity index (χ0) is 18.9. The van der Waals surface area contributed by atoms with Gasteiger partial charge >= 0.3 is 0 Å². The molecule has 8 heteroatoms. The van der Waals surface area contributed by atoms with Crippen LogP contribution in [-0.4, -0.2) is 44.4 Å². The molecule has 5 rings (SSSR count). The Kier molecular flexibility index (Phi) is 5.17. The second-order valence-electron chi connectivity index (χ2n) is 7.88. The maximum Gasteiger partial charge on any atom is 0.230 e. The molecule has 1 saturated heterocycles. The minimum atomic E-state index is 0.498. The normalized spacial score (nSPS) is 23.3. The predicted octanol–water partition coefficient (Wildman–Crippen LogP) is 5.02. The highest BCUT2D eigenvalue weighted by Crippen LogP contribution is 2.32. The Morgan fingerprint density at radius 2 is 1.93 bits per heavy atom. The summed E-state index contributed by atoms with van der Waals surface area (Å²) in [5, 5.41) is 10.1.